The zero-order chi connectivity index (χ0) is 17.1. The van der Waals surface area contributed by atoms with E-state index in [9.17, 15) is 9.18 Å². The molecule has 4 nitrogen and oxygen atoms in total. The summed E-state index contributed by atoms with van der Waals surface area (Å²) >= 11 is 1.68. The third-order valence-electron chi connectivity index (χ3n) is 3.95. The molecule has 2 aromatic carbocycles. The summed E-state index contributed by atoms with van der Waals surface area (Å²) < 4.78 is 23.8. The molecule has 1 aliphatic heterocycles. The van der Waals surface area contributed by atoms with Crippen molar-refractivity contribution in [3.63, 3.8) is 0 Å². The highest BCUT2D eigenvalue weighted by Crippen LogP contribution is 2.43. The Labute approximate surface area is 144 Å². The molecule has 1 atom stereocenters. The van der Waals surface area contributed by atoms with Gasteiger partial charge in [0.25, 0.3) is 5.91 Å². The first-order valence-electron chi connectivity index (χ1n) is 7.54. The van der Waals surface area contributed by atoms with Crippen molar-refractivity contribution in [1.29, 1.82) is 0 Å². The Balaban J connectivity index is 1.90. The van der Waals surface area contributed by atoms with Crippen LogP contribution in [0.25, 0.3) is 0 Å². The summed E-state index contributed by atoms with van der Waals surface area (Å²) in [5.41, 5.74) is 1.41. The maximum absolute atomic E-state index is 13.1. The van der Waals surface area contributed by atoms with Crippen molar-refractivity contribution in [3.8, 4) is 11.5 Å². The molecule has 24 heavy (non-hydrogen) atoms. The maximum atomic E-state index is 13.1. The molecule has 1 unspecified atom stereocenters. The Morgan fingerprint density at radius 3 is 2.58 bits per heavy atom. The number of rotatable bonds is 4. The SMILES string of the molecule is COc1ccc(C2SCCN2C(=O)c2ccc(F)cc2)c(OC)c1. The van der Waals surface area contributed by atoms with Crippen LogP contribution in [0.4, 0.5) is 4.39 Å². The summed E-state index contributed by atoms with van der Waals surface area (Å²) in [5.74, 6) is 1.77. The molecule has 1 aliphatic rings. The summed E-state index contributed by atoms with van der Waals surface area (Å²) in [6, 6.07) is 11.2. The van der Waals surface area contributed by atoms with Crippen molar-refractivity contribution in [2.75, 3.05) is 26.5 Å². The number of ether oxygens (including phenoxy) is 2. The predicted octanol–water partition coefficient (Wildman–Crippen LogP) is 3.73. The number of carbonyl (C=O) groups is 1. The van der Waals surface area contributed by atoms with Crippen LogP contribution in [0, 0.1) is 5.82 Å². The smallest absolute Gasteiger partial charge is 0.255 e. The highest BCUT2D eigenvalue weighted by molar-refractivity contribution is 7.99. The molecule has 1 amide bonds. The van der Waals surface area contributed by atoms with Crippen LogP contribution in [0.2, 0.25) is 0 Å². The van der Waals surface area contributed by atoms with Gasteiger partial charge in [0.15, 0.2) is 0 Å². The van der Waals surface area contributed by atoms with Crippen molar-refractivity contribution in [3.05, 3.63) is 59.4 Å². The Morgan fingerprint density at radius 1 is 1.17 bits per heavy atom. The van der Waals surface area contributed by atoms with E-state index in [-0.39, 0.29) is 17.1 Å². The fraction of sp³-hybridized carbons (Fsp3) is 0.278. The van der Waals surface area contributed by atoms with Gasteiger partial charge in [-0.3, -0.25) is 4.79 Å². The van der Waals surface area contributed by atoms with Gasteiger partial charge in [0.1, 0.15) is 22.7 Å². The lowest BCUT2D eigenvalue weighted by atomic mass is 10.1. The summed E-state index contributed by atoms with van der Waals surface area (Å²) in [7, 11) is 3.20. The van der Waals surface area contributed by atoms with Crippen molar-refractivity contribution in [2.24, 2.45) is 0 Å². The minimum Gasteiger partial charge on any atom is -0.497 e. The highest BCUT2D eigenvalue weighted by atomic mass is 32.2. The zero-order valence-electron chi connectivity index (χ0n) is 13.5. The van der Waals surface area contributed by atoms with Crippen LogP contribution in [0.1, 0.15) is 21.3 Å². The first-order chi connectivity index (χ1) is 11.6. The summed E-state index contributed by atoms with van der Waals surface area (Å²) in [5, 5.41) is -0.136. The number of carbonyl (C=O) groups excluding carboxylic acids is 1. The van der Waals surface area contributed by atoms with E-state index in [0.29, 0.717) is 23.6 Å². The van der Waals surface area contributed by atoms with Gasteiger partial charge in [0.05, 0.1) is 14.2 Å². The standard InChI is InChI=1S/C18H18FNO3S/c1-22-14-7-8-15(16(11-14)23-2)18-20(9-10-24-18)17(21)12-3-5-13(19)6-4-12/h3-8,11,18H,9-10H2,1-2H3. The van der Waals surface area contributed by atoms with Gasteiger partial charge in [-0.25, -0.2) is 4.39 Å². The van der Waals surface area contributed by atoms with E-state index in [1.54, 1.807) is 30.9 Å². The predicted molar refractivity (Wildman–Crippen MR) is 92.2 cm³/mol. The van der Waals surface area contributed by atoms with Crippen LogP contribution < -0.4 is 9.47 Å². The van der Waals surface area contributed by atoms with Gasteiger partial charge in [0, 0.05) is 29.5 Å². The third kappa shape index (κ3) is 3.19. The molecule has 1 heterocycles. The lowest BCUT2D eigenvalue weighted by Gasteiger charge is -2.25. The van der Waals surface area contributed by atoms with Crippen LogP contribution >= 0.6 is 11.8 Å². The average molecular weight is 347 g/mol. The first-order valence-corrected chi connectivity index (χ1v) is 8.59. The number of thioether (sulfide) groups is 1. The quantitative estimate of drug-likeness (QED) is 0.845. The van der Waals surface area contributed by atoms with Gasteiger partial charge in [-0.2, -0.15) is 0 Å². The molecule has 0 radical (unpaired) electrons. The van der Waals surface area contributed by atoms with Crippen LogP contribution in [-0.4, -0.2) is 37.3 Å². The Morgan fingerprint density at radius 2 is 1.92 bits per heavy atom. The number of hydrogen-bond donors (Lipinski definition) is 0. The average Bonchev–Trinajstić information content (AvgIpc) is 3.10. The van der Waals surface area contributed by atoms with Gasteiger partial charge in [0.2, 0.25) is 0 Å². The molecule has 0 aromatic heterocycles. The second-order valence-corrected chi connectivity index (χ2v) is 6.52. The van der Waals surface area contributed by atoms with E-state index < -0.39 is 0 Å². The van der Waals surface area contributed by atoms with Gasteiger partial charge >= 0.3 is 0 Å². The van der Waals surface area contributed by atoms with E-state index >= 15 is 0 Å². The number of amides is 1. The van der Waals surface area contributed by atoms with E-state index in [2.05, 4.69) is 0 Å². The van der Waals surface area contributed by atoms with E-state index in [4.69, 9.17) is 9.47 Å². The molecule has 1 saturated heterocycles. The van der Waals surface area contributed by atoms with Gasteiger partial charge in [-0.05, 0) is 36.4 Å². The number of methoxy groups -OCH3 is 2. The number of nitrogens with zero attached hydrogens (tertiary/aromatic N) is 1. The topological polar surface area (TPSA) is 38.8 Å². The molecule has 0 spiro atoms. The largest absolute Gasteiger partial charge is 0.497 e. The normalized spacial score (nSPS) is 17.0. The maximum Gasteiger partial charge on any atom is 0.255 e. The Bertz CT molecular complexity index is 736. The minimum absolute atomic E-state index is 0.108. The first kappa shape index (κ1) is 16.6. The van der Waals surface area contributed by atoms with Gasteiger partial charge in [-0.15, -0.1) is 11.8 Å². The van der Waals surface area contributed by atoms with Crippen LogP contribution in [0.15, 0.2) is 42.5 Å². The molecular weight excluding hydrogens is 329 g/mol. The van der Waals surface area contributed by atoms with Crippen molar-refractivity contribution in [2.45, 2.75) is 5.37 Å². The van der Waals surface area contributed by atoms with E-state index in [0.717, 1.165) is 11.3 Å². The van der Waals surface area contributed by atoms with E-state index in [1.807, 2.05) is 18.2 Å². The van der Waals surface area contributed by atoms with Crippen molar-refractivity contribution in [1.82, 2.24) is 4.90 Å². The molecule has 0 aliphatic carbocycles. The third-order valence-corrected chi connectivity index (χ3v) is 5.19. The summed E-state index contributed by atoms with van der Waals surface area (Å²) in [6.07, 6.45) is 0. The summed E-state index contributed by atoms with van der Waals surface area (Å²) in [4.78, 5) is 14.6. The second-order valence-electron chi connectivity index (χ2n) is 5.34. The van der Waals surface area contributed by atoms with Crippen LogP contribution in [0.5, 0.6) is 11.5 Å². The second kappa shape index (κ2) is 7.13. The minimum atomic E-state index is -0.351. The molecule has 6 heteroatoms. The molecule has 126 valence electrons. The molecule has 1 fully saturated rings. The van der Waals surface area contributed by atoms with Crippen molar-refractivity contribution < 1.29 is 18.7 Å². The molecule has 2 aromatic rings. The molecule has 3 rings (SSSR count). The molecule has 0 bridgehead atoms. The molecule has 0 saturated carbocycles. The lowest BCUT2D eigenvalue weighted by Crippen LogP contribution is -2.30. The van der Waals surface area contributed by atoms with E-state index in [1.165, 1.54) is 24.3 Å². The lowest BCUT2D eigenvalue weighted by molar-refractivity contribution is 0.0759. The summed E-state index contributed by atoms with van der Waals surface area (Å²) in [6.45, 7) is 0.640. The monoisotopic (exact) mass is 347 g/mol. The van der Waals surface area contributed by atoms with Gasteiger partial charge in [-0.1, -0.05) is 0 Å². The molecular formula is C18H18FNO3S. The molecule has 0 N–H and O–H groups in total. The number of hydrogen-bond acceptors (Lipinski definition) is 4. The number of benzene rings is 2. The van der Waals surface area contributed by atoms with Crippen LogP contribution in [-0.2, 0) is 0 Å². The number of halogens is 1. The van der Waals surface area contributed by atoms with Crippen molar-refractivity contribution >= 4 is 17.7 Å². The fourth-order valence-electron chi connectivity index (χ4n) is 2.72. The Hall–Kier alpha value is -2.21. The van der Waals surface area contributed by atoms with Crippen LogP contribution in [0.3, 0.4) is 0 Å². The Kier molecular flexibility index (Phi) is 4.94. The zero-order valence-corrected chi connectivity index (χ0v) is 14.3. The van der Waals surface area contributed by atoms with Gasteiger partial charge < -0.3 is 14.4 Å². The fourth-order valence-corrected chi connectivity index (χ4v) is 4.00. The highest BCUT2D eigenvalue weighted by Gasteiger charge is 2.33.